The highest BCUT2D eigenvalue weighted by atomic mass is 19.4. The second kappa shape index (κ2) is 5.32. The summed E-state index contributed by atoms with van der Waals surface area (Å²) in [6.07, 6.45) is -3.80. The molecule has 1 atom stereocenters. The smallest absolute Gasteiger partial charge is 0.417 e. The Labute approximate surface area is 122 Å². The minimum Gasteiger partial charge on any atom is -0.480 e. The second-order valence-corrected chi connectivity index (χ2v) is 4.72. The zero-order valence-electron chi connectivity index (χ0n) is 11.6. The molecule has 2 aromatic rings. The van der Waals surface area contributed by atoms with Crippen molar-refractivity contribution in [2.24, 2.45) is 0 Å². The molecule has 0 aromatic carbocycles. The summed E-state index contributed by atoms with van der Waals surface area (Å²) < 4.78 is 39.3. The standard InChI is InChI=1S/C13H12F3N3O3/c1-6-10(11(20)18-7(2)12(21)22)19-5-8(13(14,15)16)3-4-9(19)17-6/h3-5,7H,1-2H3,(H,18,20)(H,21,22). The molecule has 0 saturated carbocycles. The Morgan fingerprint density at radius 3 is 2.55 bits per heavy atom. The van der Waals surface area contributed by atoms with E-state index in [1.165, 1.54) is 13.8 Å². The normalized spacial score (nSPS) is 13.1. The minimum atomic E-state index is -4.56. The van der Waals surface area contributed by atoms with Crippen molar-refractivity contribution in [3.05, 3.63) is 35.3 Å². The molecule has 2 heterocycles. The van der Waals surface area contributed by atoms with Gasteiger partial charge in [-0.1, -0.05) is 0 Å². The minimum absolute atomic E-state index is 0.130. The van der Waals surface area contributed by atoms with Crippen molar-refractivity contribution in [1.29, 1.82) is 0 Å². The highest BCUT2D eigenvalue weighted by Crippen LogP contribution is 2.29. The van der Waals surface area contributed by atoms with Gasteiger partial charge in [0.15, 0.2) is 0 Å². The molecule has 0 aliphatic rings. The fraction of sp³-hybridized carbons (Fsp3) is 0.308. The monoisotopic (exact) mass is 315 g/mol. The molecule has 0 spiro atoms. The van der Waals surface area contributed by atoms with Gasteiger partial charge in [0.25, 0.3) is 5.91 Å². The topological polar surface area (TPSA) is 83.7 Å². The van der Waals surface area contributed by atoms with Crippen LogP contribution in [0.5, 0.6) is 0 Å². The van der Waals surface area contributed by atoms with E-state index in [1.54, 1.807) is 0 Å². The predicted octanol–water partition coefficient (Wildman–Crippen LogP) is 1.86. The van der Waals surface area contributed by atoms with E-state index in [0.717, 1.165) is 22.7 Å². The molecule has 22 heavy (non-hydrogen) atoms. The molecule has 0 bridgehead atoms. The number of aliphatic carboxylic acids is 1. The summed E-state index contributed by atoms with van der Waals surface area (Å²) in [5.41, 5.74) is -0.694. The number of fused-ring (bicyclic) bond motifs is 1. The number of rotatable bonds is 3. The maximum Gasteiger partial charge on any atom is 0.417 e. The molecule has 0 fully saturated rings. The van der Waals surface area contributed by atoms with E-state index in [0.29, 0.717) is 0 Å². The molecule has 2 N–H and O–H groups in total. The van der Waals surface area contributed by atoms with Crippen LogP contribution in [-0.2, 0) is 11.0 Å². The SMILES string of the molecule is Cc1nc2ccc(C(F)(F)F)cn2c1C(=O)NC(C)C(=O)O. The lowest BCUT2D eigenvalue weighted by Gasteiger charge is -2.11. The Hall–Kier alpha value is -2.58. The van der Waals surface area contributed by atoms with Crippen molar-refractivity contribution >= 4 is 17.5 Å². The summed E-state index contributed by atoms with van der Waals surface area (Å²) in [7, 11) is 0. The average molecular weight is 315 g/mol. The lowest BCUT2D eigenvalue weighted by Crippen LogP contribution is -2.39. The zero-order valence-corrected chi connectivity index (χ0v) is 11.6. The highest BCUT2D eigenvalue weighted by molar-refractivity contribution is 5.96. The number of alkyl halides is 3. The van der Waals surface area contributed by atoms with Gasteiger partial charge in [-0.3, -0.25) is 14.0 Å². The number of imidazole rings is 1. The first-order chi connectivity index (χ1) is 10.1. The van der Waals surface area contributed by atoms with Gasteiger partial charge in [-0.15, -0.1) is 0 Å². The number of aromatic nitrogens is 2. The second-order valence-electron chi connectivity index (χ2n) is 4.72. The maximum absolute atomic E-state index is 12.8. The first-order valence-electron chi connectivity index (χ1n) is 6.21. The number of carboxylic acid groups (broad SMARTS) is 1. The van der Waals surface area contributed by atoms with E-state index >= 15 is 0 Å². The van der Waals surface area contributed by atoms with Crippen LogP contribution in [-0.4, -0.2) is 32.4 Å². The Morgan fingerprint density at radius 2 is 2.00 bits per heavy atom. The lowest BCUT2D eigenvalue weighted by molar-refractivity contribution is -0.139. The van der Waals surface area contributed by atoms with E-state index in [2.05, 4.69) is 10.3 Å². The summed E-state index contributed by atoms with van der Waals surface area (Å²) in [5, 5.41) is 11.0. The number of pyridine rings is 1. The molecule has 2 aromatic heterocycles. The van der Waals surface area contributed by atoms with Gasteiger partial charge in [-0.2, -0.15) is 13.2 Å². The molecule has 1 amide bonds. The van der Waals surface area contributed by atoms with E-state index < -0.39 is 29.7 Å². The van der Waals surface area contributed by atoms with Crippen LogP contribution in [0.15, 0.2) is 18.3 Å². The molecular weight excluding hydrogens is 303 g/mol. The molecule has 0 saturated heterocycles. The molecular formula is C13H12F3N3O3. The van der Waals surface area contributed by atoms with Crippen molar-refractivity contribution in [2.45, 2.75) is 26.1 Å². The molecule has 118 valence electrons. The van der Waals surface area contributed by atoms with Crippen LogP contribution in [0.2, 0.25) is 0 Å². The number of aryl methyl sites for hydroxylation is 1. The van der Waals surface area contributed by atoms with Gasteiger partial charge in [-0.05, 0) is 26.0 Å². The van der Waals surface area contributed by atoms with E-state index in [1.807, 2.05) is 0 Å². The molecule has 0 aliphatic carbocycles. The number of carboxylic acids is 1. The summed E-state index contributed by atoms with van der Waals surface area (Å²) >= 11 is 0. The quantitative estimate of drug-likeness (QED) is 0.905. The molecule has 0 radical (unpaired) electrons. The average Bonchev–Trinajstić information content (AvgIpc) is 2.72. The van der Waals surface area contributed by atoms with Gasteiger partial charge in [0.2, 0.25) is 0 Å². The first-order valence-corrected chi connectivity index (χ1v) is 6.21. The third-order valence-corrected chi connectivity index (χ3v) is 3.05. The van der Waals surface area contributed by atoms with Crippen LogP contribution in [0.3, 0.4) is 0 Å². The van der Waals surface area contributed by atoms with Gasteiger partial charge >= 0.3 is 12.1 Å². The van der Waals surface area contributed by atoms with E-state index in [9.17, 15) is 22.8 Å². The largest absolute Gasteiger partial charge is 0.480 e. The third-order valence-electron chi connectivity index (χ3n) is 3.05. The van der Waals surface area contributed by atoms with Crippen molar-refractivity contribution < 1.29 is 27.9 Å². The van der Waals surface area contributed by atoms with Crippen LogP contribution in [0.4, 0.5) is 13.2 Å². The van der Waals surface area contributed by atoms with Crippen LogP contribution >= 0.6 is 0 Å². The fourth-order valence-corrected chi connectivity index (χ4v) is 1.93. The van der Waals surface area contributed by atoms with Crippen molar-refractivity contribution in [3.8, 4) is 0 Å². The van der Waals surface area contributed by atoms with Crippen molar-refractivity contribution in [1.82, 2.24) is 14.7 Å². The zero-order chi connectivity index (χ0) is 16.7. The summed E-state index contributed by atoms with van der Waals surface area (Å²) in [4.78, 5) is 26.8. The number of nitrogens with one attached hydrogen (secondary N) is 1. The van der Waals surface area contributed by atoms with Gasteiger partial charge in [-0.25, -0.2) is 4.98 Å². The number of nitrogens with zero attached hydrogens (tertiary/aromatic N) is 2. The molecule has 2 rings (SSSR count). The lowest BCUT2D eigenvalue weighted by atomic mass is 10.2. The molecule has 1 unspecified atom stereocenters. The van der Waals surface area contributed by atoms with Crippen LogP contribution in [0, 0.1) is 6.92 Å². The van der Waals surface area contributed by atoms with E-state index in [4.69, 9.17) is 5.11 Å². The van der Waals surface area contributed by atoms with Crippen LogP contribution < -0.4 is 5.32 Å². The summed E-state index contributed by atoms with van der Waals surface area (Å²) in [6.45, 7) is 2.71. The number of carbonyl (C=O) groups is 2. The Bertz CT molecular complexity index is 752. The van der Waals surface area contributed by atoms with Gasteiger partial charge in [0.05, 0.1) is 11.3 Å². The number of hydrogen-bond acceptors (Lipinski definition) is 3. The van der Waals surface area contributed by atoms with E-state index in [-0.39, 0.29) is 17.0 Å². The molecule has 9 heteroatoms. The highest BCUT2D eigenvalue weighted by Gasteiger charge is 2.31. The van der Waals surface area contributed by atoms with Gasteiger partial charge in [0.1, 0.15) is 17.4 Å². The van der Waals surface area contributed by atoms with Crippen LogP contribution in [0.25, 0.3) is 5.65 Å². The van der Waals surface area contributed by atoms with Crippen molar-refractivity contribution in [3.63, 3.8) is 0 Å². The maximum atomic E-state index is 12.8. The van der Waals surface area contributed by atoms with Crippen LogP contribution in [0.1, 0.15) is 28.7 Å². The first kappa shape index (κ1) is 15.8. The summed E-state index contributed by atoms with van der Waals surface area (Å²) in [5.74, 6) is -2.06. The third kappa shape index (κ3) is 2.87. The number of carbonyl (C=O) groups excluding carboxylic acids is 1. The number of hydrogen-bond donors (Lipinski definition) is 2. The van der Waals surface area contributed by atoms with Crippen molar-refractivity contribution in [2.75, 3.05) is 0 Å². The Morgan fingerprint density at radius 1 is 1.36 bits per heavy atom. The molecule has 6 nitrogen and oxygen atoms in total. The fourth-order valence-electron chi connectivity index (χ4n) is 1.93. The molecule has 0 aliphatic heterocycles. The van der Waals surface area contributed by atoms with Gasteiger partial charge in [0, 0.05) is 6.20 Å². The Balaban J connectivity index is 2.51. The Kier molecular flexibility index (Phi) is 3.82. The number of amides is 1. The predicted molar refractivity (Wildman–Crippen MR) is 69.5 cm³/mol. The number of halogens is 3. The summed E-state index contributed by atoms with van der Waals surface area (Å²) in [6, 6.07) is 0.833. The van der Waals surface area contributed by atoms with Gasteiger partial charge < -0.3 is 10.4 Å².